The summed E-state index contributed by atoms with van der Waals surface area (Å²) in [6, 6.07) is 0. The van der Waals surface area contributed by atoms with Gasteiger partial charge in [-0.25, -0.2) is 0 Å². The molecule has 0 unspecified atom stereocenters. The van der Waals surface area contributed by atoms with E-state index in [0.717, 1.165) is 5.57 Å². The fourth-order valence-corrected chi connectivity index (χ4v) is 0.486. The molecule has 0 heterocycles. The van der Waals surface area contributed by atoms with Crippen molar-refractivity contribution in [2.24, 2.45) is 0 Å². The number of carbonyl (C=O) groups excluding carboxylic acids is 1. The van der Waals surface area contributed by atoms with E-state index in [1.807, 2.05) is 13.8 Å². The standard InChI is InChI=1S/C8H13NO/c1-4-5-9-8(10)6-7(2)3/h4,6H,1,5H2,2-3H3,(H,9,10). The van der Waals surface area contributed by atoms with Gasteiger partial charge in [0.2, 0.25) is 5.91 Å². The van der Waals surface area contributed by atoms with Crippen molar-refractivity contribution in [2.75, 3.05) is 6.54 Å². The largest absolute Gasteiger partial charge is 0.349 e. The van der Waals surface area contributed by atoms with Gasteiger partial charge in [0.05, 0.1) is 0 Å². The molecule has 2 nitrogen and oxygen atoms in total. The molecule has 2 heteroatoms. The lowest BCUT2D eigenvalue weighted by atomic mass is 10.3. The first kappa shape index (κ1) is 8.95. The number of rotatable bonds is 3. The molecule has 0 aliphatic carbocycles. The Labute approximate surface area is 61.6 Å². The molecule has 0 aromatic rings. The summed E-state index contributed by atoms with van der Waals surface area (Å²) in [7, 11) is 0. The van der Waals surface area contributed by atoms with Crippen molar-refractivity contribution in [1.82, 2.24) is 5.32 Å². The monoisotopic (exact) mass is 139 g/mol. The summed E-state index contributed by atoms with van der Waals surface area (Å²) in [5, 5.41) is 2.63. The molecule has 0 saturated carbocycles. The summed E-state index contributed by atoms with van der Waals surface area (Å²) in [6.45, 7) is 7.77. The highest BCUT2D eigenvalue weighted by molar-refractivity contribution is 5.88. The Kier molecular flexibility index (Phi) is 4.29. The fraction of sp³-hybridized carbons (Fsp3) is 0.375. The molecule has 0 fully saturated rings. The van der Waals surface area contributed by atoms with Crippen molar-refractivity contribution < 1.29 is 4.79 Å². The molecule has 0 aromatic carbocycles. The zero-order valence-electron chi connectivity index (χ0n) is 6.48. The van der Waals surface area contributed by atoms with E-state index in [1.165, 1.54) is 0 Å². The molecule has 0 aliphatic heterocycles. The lowest BCUT2D eigenvalue weighted by Gasteiger charge is -1.95. The van der Waals surface area contributed by atoms with Crippen LogP contribution in [0.15, 0.2) is 24.3 Å². The first-order valence-corrected chi connectivity index (χ1v) is 3.20. The van der Waals surface area contributed by atoms with Gasteiger partial charge in [-0.05, 0) is 13.8 Å². The van der Waals surface area contributed by atoms with Crippen molar-refractivity contribution in [1.29, 1.82) is 0 Å². The minimum absolute atomic E-state index is 0.0556. The van der Waals surface area contributed by atoms with Gasteiger partial charge in [-0.15, -0.1) is 6.58 Å². The number of allylic oxidation sites excluding steroid dienone is 1. The second-order valence-corrected chi connectivity index (χ2v) is 2.26. The highest BCUT2D eigenvalue weighted by Crippen LogP contribution is 1.86. The van der Waals surface area contributed by atoms with E-state index in [2.05, 4.69) is 11.9 Å². The molecular weight excluding hydrogens is 126 g/mol. The van der Waals surface area contributed by atoms with Gasteiger partial charge >= 0.3 is 0 Å². The zero-order valence-corrected chi connectivity index (χ0v) is 6.48. The van der Waals surface area contributed by atoms with Gasteiger partial charge in [0.1, 0.15) is 0 Å². The third-order valence-electron chi connectivity index (χ3n) is 0.840. The molecule has 0 radical (unpaired) electrons. The van der Waals surface area contributed by atoms with Crippen LogP contribution in [0.4, 0.5) is 0 Å². The molecule has 56 valence electrons. The number of hydrogen-bond donors (Lipinski definition) is 1. The molecule has 0 bridgehead atoms. The summed E-state index contributed by atoms with van der Waals surface area (Å²) >= 11 is 0. The maximum Gasteiger partial charge on any atom is 0.244 e. The molecule has 0 aromatic heterocycles. The van der Waals surface area contributed by atoms with Crippen molar-refractivity contribution in [3.63, 3.8) is 0 Å². The SMILES string of the molecule is C=CCNC(=O)C=C(C)C. The van der Waals surface area contributed by atoms with Gasteiger partial charge in [-0.3, -0.25) is 4.79 Å². The minimum atomic E-state index is -0.0556. The van der Waals surface area contributed by atoms with E-state index in [0.29, 0.717) is 6.54 Å². The Balaban J connectivity index is 3.64. The molecule has 0 rings (SSSR count). The van der Waals surface area contributed by atoms with E-state index < -0.39 is 0 Å². The number of carbonyl (C=O) groups is 1. The maximum atomic E-state index is 10.8. The highest BCUT2D eigenvalue weighted by Gasteiger charge is 1.90. The average Bonchev–Trinajstić information content (AvgIpc) is 1.82. The molecule has 0 saturated heterocycles. The predicted molar refractivity (Wildman–Crippen MR) is 42.6 cm³/mol. The quantitative estimate of drug-likeness (QED) is 0.463. The molecule has 10 heavy (non-hydrogen) atoms. The van der Waals surface area contributed by atoms with Gasteiger partial charge in [-0.1, -0.05) is 11.6 Å². The Morgan fingerprint density at radius 2 is 2.20 bits per heavy atom. The van der Waals surface area contributed by atoms with Crippen molar-refractivity contribution in [3.8, 4) is 0 Å². The van der Waals surface area contributed by atoms with Crippen LogP contribution in [0.2, 0.25) is 0 Å². The van der Waals surface area contributed by atoms with E-state index >= 15 is 0 Å². The maximum absolute atomic E-state index is 10.8. The van der Waals surface area contributed by atoms with Crippen LogP contribution in [0.25, 0.3) is 0 Å². The molecule has 1 N–H and O–H groups in total. The highest BCUT2D eigenvalue weighted by atomic mass is 16.1. The van der Waals surface area contributed by atoms with Crippen LogP contribution in [-0.4, -0.2) is 12.5 Å². The normalized spacial score (nSPS) is 8.20. The molecule has 0 aliphatic rings. The van der Waals surface area contributed by atoms with Crippen molar-refractivity contribution >= 4 is 5.91 Å². The van der Waals surface area contributed by atoms with Crippen molar-refractivity contribution in [3.05, 3.63) is 24.3 Å². The van der Waals surface area contributed by atoms with Gasteiger partial charge < -0.3 is 5.32 Å². The van der Waals surface area contributed by atoms with Crippen LogP contribution in [0.3, 0.4) is 0 Å². The van der Waals surface area contributed by atoms with E-state index in [-0.39, 0.29) is 5.91 Å². The molecule has 0 spiro atoms. The summed E-state index contributed by atoms with van der Waals surface area (Å²) in [5.41, 5.74) is 1.00. The van der Waals surface area contributed by atoms with Crippen LogP contribution in [-0.2, 0) is 4.79 Å². The smallest absolute Gasteiger partial charge is 0.244 e. The third kappa shape index (κ3) is 5.09. The van der Waals surface area contributed by atoms with Crippen LogP contribution in [0, 0.1) is 0 Å². The number of nitrogens with one attached hydrogen (secondary N) is 1. The topological polar surface area (TPSA) is 29.1 Å². The lowest BCUT2D eigenvalue weighted by molar-refractivity contribution is -0.116. The second kappa shape index (κ2) is 4.79. The summed E-state index contributed by atoms with van der Waals surface area (Å²) in [4.78, 5) is 10.8. The van der Waals surface area contributed by atoms with E-state index in [4.69, 9.17) is 0 Å². The number of amides is 1. The van der Waals surface area contributed by atoms with Gasteiger partial charge in [-0.2, -0.15) is 0 Å². The van der Waals surface area contributed by atoms with Gasteiger partial charge in [0.25, 0.3) is 0 Å². The minimum Gasteiger partial charge on any atom is -0.349 e. The summed E-state index contributed by atoms with van der Waals surface area (Å²) in [6.07, 6.45) is 3.21. The first-order chi connectivity index (χ1) is 4.66. The van der Waals surface area contributed by atoms with Crippen LogP contribution < -0.4 is 5.32 Å². The Morgan fingerprint density at radius 3 is 2.60 bits per heavy atom. The number of hydrogen-bond acceptors (Lipinski definition) is 1. The van der Waals surface area contributed by atoms with E-state index in [9.17, 15) is 4.79 Å². The van der Waals surface area contributed by atoms with Gasteiger partial charge in [0, 0.05) is 12.6 Å². The third-order valence-corrected chi connectivity index (χ3v) is 0.840. The molecule has 0 atom stereocenters. The average molecular weight is 139 g/mol. The Hall–Kier alpha value is -1.05. The van der Waals surface area contributed by atoms with Crippen molar-refractivity contribution in [2.45, 2.75) is 13.8 Å². The fourth-order valence-electron chi connectivity index (χ4n) is 0.486. The lowest BCUT2D eigenvalue weighted by Crippen LogP contribution is -2.20. The Morgan fingerprint density at radius 1 is 1.60 bits per heavy atom. The van der Waals surface area contributed by atoms with Gasteiger partial charge in [0.15, 0.2) is 0 Å². The molecule has 1 amide bonds. The predicted octanol–water partition coefficient (Wildman–Crippen LogP) is 1.25. The summed E-state index contributed by atoms with van der Waals surface area (Å²) < 4.78 is 0. The second-order valence-electron chi connectivity index (χ2n) is 2.26. The van der Waals surface area contributed by atoms with Crippen LogP contribution in [0.5, 0.6) is 0 Å². The van der Waals surface area contributed by atoms with Crippen LogP contribution in [0.1, 0.15) is 13.8 Å². The summed E-state index contributed by atoms with van der Waals surface area (Å²) in [5.74, 6) is -0.0556. The zero-order chi connectivity index (χ0) is 7.98. The van der Waals surface area contributed by atoms with Crippen LogP contribution >= 0.6 is 0 Å². The molecular formula is C8H13NO. The van der Waals surface area contributed by atoms with E-state index in [1.54, 1.807) is 12.2 Å². The first-order valence-electron chi connectivity index (χ1n) is 3.20. The Bertz CT molecular complexity index is 155.